The van der Waals surface area contributed by atoms with Gasteiger partial charge in [0, 0.05) is 74.9 Å². The molecule has 2 N–H and O–H groups in total. The number of amides is 1. The third kappa shape index (κ3) is 12.1. The Balaban J connectivity index is 1.02. The molecule has 322 valence electrons. The Bertz CT molecular complexity index is 1700. The lowest BCUT2D eigenvalue weighted by molar-refractivity contribution is -0.139. The molecule has 7 nitrogen and oxygen atoms in total. The number of fused-ring (bicyclic) bond motifs is 1. The standard InChI is InChI=1S/C46H66ClF3N4O3S/c1-5-6-33-17-20-58-43(33)26-34(29(2)55)13-11-30-7-9-31(10-8-30)12-14-38(56)24-35(21-32-22-40(46(48,49)50)44(51-3)41(47)23-32)45(57)54-18-15-37(16-19-54)52-42-28-53(4)27-36-25-39(36)42/h17,20,22-23,30-31,34-37,39,42,51-52H,5-16,18-19,21,24-28H2,1-4H3/t30?,31?,34?,35-,36?,39?,42?/m0/s1. The Hall–Kier alpha value is -2.47. The number of piperidine rings is 2. The molecule has 1 aromatic carbocycles. The molecule has 3 heterocycles. The van der Waals surface area contributed by atoms with Gasteiger partial charge in [-0.25, -0.2) is 0 Å². The summed E-state index contributed by atoms with van der Waals surface area (Å²) in [6.45, 7) is 7.26. The van der Waals surface area contributed by atoms with Crippen LogP contribution in [0.3, 0.4) is 0 Å². The molecule has 0 bridgehead atoms. The molecule has 2 aliphatic carbocycles. The highest BCUT2D eigenvalue weighted by Gasteiger charge is 2.47. The van der Waals surface area contributed by atoms with Crippen molar-refractivity contribution in [3.8, 4) is 0 Å². The zero-order chi connectivity index (χ0) is 41.6. The largest absolute Gasteiger partial charge is 0.418 e. The highest BCUT2D eigenvalue weighted by Crippen LogP contribution is 2.45. The third-order valence-corrected chi connectivity index (χ3v) is 15.2. The van der Waals surface area contributed by atoms with Crippen LogP contribution in [-0.2, 0) is 39.8 Å². The molecule has 58 heavy (non-hydrogen) atoms. The van der Waals surface area contributed by atoms with Crippen LogP contribution in [0.15, 0.2) is 23.6 Å². The number of thiophene rings is 1. The fourth-order valence-electron chi connectivity index (χ4n) is 10.4. The SMILES string of the molecule is CCCc1ccsc1CC(CCC1CCC(CCC(=O)C[C@H](Cc2cc(Cl)c(NC)c(C(F)(F)F)c2)C(=O)N2CCC(NC3CN(C)CC4CC43)CC2)CC1)C(C)=O. The summed E-state index contributed by atoms with van der Waals surface area (Å²) in [4.78, 5) is 46.1. The molecule has 5 atom stereocenters. The first-order chi connectivity index (χ1) is 27.7. The number of nitrogens with zero attached hydrogens (tertiary/aromatic N) is 2. The molecular formula is C46H66ClF3N4O3S. The maximum Gasteiger partial charge on any atom is 0.418 e. The minimum absolute atomic E-state index is 0.00717. The quantitative estimate of drug-likeness (QED) is 0.147. The van der Waals surface area contributed by atoms with Gasteiger partial charge in [0.1, 0.15) is 11.6 Å². The van der Waals surface area contributed by atoms with Gasteiger partial charge >= 0.3 is 6.18 Å². The summed E-state index contributed by atoms with van der Waals surface area (Å²) in [5.41, 5.74) is 0.631. The van der Waals surface area contributed by atoms with Gasteiger partial charge in [0.05, 0.1) is 16.3 Å². The molecule has 6 rings (SSSR count). The van der Waals surface area contributed by atoms with Crippen LogP contribution in [0.1, 0.15) is 119 Å². The van der Waals surface area contributed by atoms with E-state index in [4.69, 9.17) is 11.6 Å². The van der Waals surface area contributed by atoms with E-state index >= 15 is 0 Å². The minimum atomic E-state index is -4.63. The zero-order valence-electron chi connectivity index (χ0n) is 35.1. The average Bonchev–Trinajstić information content (AvgIpc) is 3.84. The summed E-state index contributed by atoms with van der Waals surface area (Å²) in [6, 6.07) is 5.58. The smallest absolute Gasteiger partial charge is 0.386 e. The second kappa shape index (κ2) is 20.4. The molecular weight excluding hydrogens is 781 g/mol. The number of likely N-dealkylation sites (tertiary alicyclic amines) is 2. The summed E-state index contributed by atoms with van der Waals surface area (Å²) < 4.78 is 42.3. The van der Waals surface area contributed by atoms with Crippen LogP contribution in [0.25, 0.3) is 0 Å². The number of hydrogen-bond acceptors (Lipinski definition) is 7. The number of anilines is 1. The molecule has 4 unspecified atom stereocenters. The lowest BCUT2D eigenvalue weighted by Crippen LogP contribution is -2.53. The normalized spacial score (nSPS) is 25.2. The van der Waals surface area contributed by atoms with Crippen LogP contribution in [-0.4, -0.2) is 79.6 Å². The number of benzene rings is 1. The van der Waals surface area contributed by atoms with Crippen LogP contribution in [0.5, 0.6) is 0 Å². The molecule has 1 aromatic heterocycles. The number of Topliss-reactive ketones (excluding diaryl/α,β-unsaturated/α-hetero) is 2. The molecule has 2 aromatic rings. The summed E-state index contributed by atoms with van der Waals surface area (Å²) in [6.07, 6.45) is 8.71. The van der Waals surface area contributed by atoms with Gasteiger partial charge in [0.2, 0.25) is 5.91 Å². The Morgan fingerprint density at radius 2 is 1.69 bits per heavy atom. The van der Waals surface area contributed by atoms with E-state index in [1.165, 1.54) is 36.5 Å². The molecule has 1 amide bonds. The van der Waals surface area contributed by atoms with E-state index in [1.807, 2.05) is 4.90 Å². The van der Waals surface area contributed by atoms with Gasteiger partial charge in [-0.2, -0.15) is 13.2 Å². The minimum Gasteiger partial charge on any atom is -0.386 e. The molecule has 4 fully saturated rings. The lowest BCUT2D eigenvalue weighted by atomic mass is 9.76. The number of likely N-dealkylation sites (N-methyl/N-ethyl adjacent to an activating group) is 1. The van der Waals surface area contributed by atoms with Crippen molar-refractivity contribution in [2.45, 2.75) is 135 Å². The fourth-order valence-corrected chi connectivity index (χ4v) is 11.8. The maximum absolute atomic E-state index is 14.2. The van der Waals surface area contributed by atoms with E-state index in [-0.39, 0.29) is 46.9 Å². The van der Waals surface area contributed by atoms with Gasteiger partial charge in [0.15, 0.2) is 0 Å². The van der Waals surface area contributed by atoms with Gasteiger partial charge in [-0.1, -0.05) is 50.6 Å². The first-order valence-corrected chi connectivity index (χ1v) is 23.4. The number of carbonyl (C=O) groups excluding carboxylic acids is 3. The number of hydrogen-bond donors (Lipinski definition) is 2. The highest BCUT2D eigenvalue weighted by atomic mass is 35.5. The lowest BCUT2D eigenvalue weighted by Gasteiger charge is -2.38. The number of aryl methyl sites for hydroxylation is 1. The Morgan fingerprint density at radius 1 is 0.983 bits per heavy atom. The molecule has 0 radical (unpaired) electrons. The number of ketones is 2. The topological polar surface area (TPSA) is 81.8 Å². The van der Waals surface area contributed by atoms with Crippen molar-refractivity contribution in [2.24, 2.45) is 35.5 Å². The summed E-state index contributed by atoms with van der Waals surface area (Å²) in [5, 5.41) is 8.55. The first kappa shape index (κ1) is 45.1. The third-order valence-electron chi connectivity index (χ3n) is 13.9. The number of nitrogens with one attached hydrogen (secondary N) is 2. The number of alkyl halides is 3. The van der Waals surface area contributed by atoms with Gasteiger partial charge in [-0.3, -0.25) is 14.4 Å². The molecule has 2 saturated heterocycles. The van der Waals surface area contributed by atoms with Crippen molar-refractivity contribution in [2.75, 3.05) is 45.6 Å². The fraction of sp³-hybridized carbons (Fsp3) is 0.717. The van der Waals surface area contributed by atoms with E-state index < -0.39 is 17.7 Å². The summed E-state index contributed by atoms with van der Waals surface area (Å²) in [5.74, 6) is 1.98. The van der Waals surface area contributed by atoms with Crippen LogP contribution in [0, 0.1) is 35.5 Å². The monoisotopic (exact) mass is 846 g/mol. The van der Waals surface area contributed by atoms with Crippen LogP contribution in [0.4, 0.5) is 18.9 Å². The Labute approximate surface area is 353 Å². The number of halogens is 4. The van der Waals surface area contributed by atoms with Gasteiger partial charge < -0.3 is 20.4 Å². The van der Waals surface area contributed by atoms with Crippen molar-refractivity contribution in [1.29, 1.82) is 0 Å². The van der Waals surface area contributed by atoms with Crippen LogP contribution in [0.2, 0.25) is 5.02 Å². The number of carbonyl (C=O) groups is 3. The van der Waals surface area contributed by atoms with Gasteiger partial charge in [0.25, 0.3) is 0 Å². The molecule has 0 spiro atoms. The first-order valence-electron chi connectivity index (χ1n) is 22.1. The number of rotatable bonds is 19. The van der Waals surface area contributed by atoms with Gasteiger partial charge in [-0.05, 0) is 130 Å². The molecule has 12 heteroatoms. The van der Waals surface area contributed by atoms with Crippen molar-refractivity contribution < 1.29 is 27.6 Å². The van der Waals surface area contributed by atoms with Crippen LogP contribution >= 0.6 is 22.9 Å². The Kier molecular flexibility index (Phi) is 15.8. The van der Waals surface area contributed by atoms with E-state index in [2.05, 4.69) is 41.0 Å². The van der Waals surface area contributed by atoms with E-state index in [9.17, 15) is 27.6 Å². The predicted molar refractivity (Wildman–Crippen MR) is 229 cm³/mol. The second-order valence-electron chi connectivity index (χ2n) is 18.3. The summed E-state index contributed by atoms with van der Waals surface area (Å²) >= 11 is 8.14. The van der Waals surface area contributed by atoms with Crippen molar-refractivity contribution in [1.82, 2.24) is 15.1 Å². The average molecular weight is 848 g/mol. The van der Waals surface area contributed by atoms with E-state index in [1.54, 1.807) is 18.3 Å². The summed E-state index contributed by atoms with van der Waals surface area (Å²) in [7, 11) is 3.58. The van der Waals surface area contributed by atoms with E-state index in [0.717, 1.165) is 101 Å². The maximum atomic E-state index is 14.2. The second-order valence-corrected chi connectivity index (χ2v) is 19.7. The van der Waals surface area contributed by atoms with Crippen molar-refractivity contribution in [3.05, 3.63) is 50.2 Å². The molecule has 2 aliphatic heterocycles. The van der Waals surface area contributed by atoms with Crippen LogP contribution < -0.4 is 10.6 Å². The van der Waals surface area contributed by atoms with E-state index in [0.29, 0.717) is 49.0 Å². The van der Waals surface area contributed by atoms with Crippen molar-refractivity contribution >= 4 is 46.1 Å². The zero-order valence-corrected chi connectivity index (χ0v) is 36.7. The predicted octanol–water partition coefficient (Wildman–Crippen LogP) is 9.88. The molecule has 4 aliphatic rings. The molecule has 2 saturated carbocycles. The Morgan fingerprint density at radius 3 is 2.34 bits per heavy atom. The highest BCUT2D eigenvalue weighted by molar-refractivity contribution is 7.10. The van der Waals surface area contributed by atoms with Gasteiger partial charge in [-0.15, -0.1) is 11.3 Å². The van der Waals surface area contributed by atoms with Crippen molar-refractivity contribution in [3.63, 3.8) is 0 Å².